The van der Waals surface area contributed by atoms with Gasteiger partial charge in [0.25, 0.3) is 0 Å². The minimum absolute atomic E-state index is 0.0431. The Hall–Kier alpha value is -2.88. The first-order valence-corrected chi connectivity index (χ1v) is 9.97. The zero-order chi connectivity index (χ0) is 21.2. The van der Waals surface area contributed by atoms with Crippen molar-refractivity contribution in [1.82, 2.24) is 10.2 Å². The highest BCUT2D eigenvalue weighted by atomic mass is 15.3. The van der Waals surface area contributed by atoms with E-state index in [0.717, 1.165) is 16.7 Å². The third-order valence-corrected chi connectivity index (χ3v) is 5.28. The van der Waals surface area contributed by atoms with Crippen LogP contribution in [0, 0.1) is 0 Å². The van der Waals surface area contributed by atoms with Crippen molar-refractivity contribution >= 4 is 0 Å². The Morgan fingerprint density at radius 1 is 1.07 bits per heavy atom. The van der Waals surface area contributed by atoms with E-state index in [0.29, 0.717) is 6.67 Å². The lowest BCUT2D eigenvalue weighted by molar-refractivity contribution is 0.227. The lowest BCUT2D eigenvalue weighted by Gasteiger charge is -2.36. The summed E-state index contributed by atoms with van der Waals surface area (Å²) in [5.41, 5.74) is 11.7. The Bertz CT molecular complexity index is 811. The van der Waals surface area contributed by atoms with Crippen molar-refractivity contribution in [1.29, 1.82) is 0 Å². The average Bonchev–Trinajstić information content (AvgIpc) is 2.79. The molecule has 0 fully saturated rings. The number of nitrogens with zero attached hydrogens (tertiary/aromatic N) is 1. The van der Waals surface area contributed by atoms with Crippen LogP contribution >= 0.6 is 0 Å². The maximum absolute atomic E-state index is 6.22. The summed E-state index contributed by atoms with van der Waals surface area (Å²) in [6.45, 7) is 12.7. The summed E-state index contributed by atoms with van der Waals surface area (Å²) in [5.74, 6) is 0.101. The van der Waals surface area contributed by atoms with Gasteiger partial charge < -0.3 is 10.6 Å². The number of rotatable bonds is 10. The lowest BCUT2D eigenvalue weighted by Crippen LogP contribution is -2.48. The molecule has 29 heavy (non-hydrogen) atoms. The highest BCUT2D eigenvalue weighted by Crippen LogP contribution is 2.30. The van der Waals surface area contributed by atoms with Gasteiger partial charge in [-0.25, -0.2) is 0 Å². The summed E-state index contributed by atoms with van der Waals surface area (Å²) >= 11 is 0. The lowest BCUT2D eigenvalue weighted by atomic mass is 9.88. The van der Waals surface area contributed by atoms with Gasteiger partial charge in [-0.3, -0.25) is 5.32 Å². The van der Waals surface area contributed by atoms with E-state index in [1.807, 2.05) is 32.2 Å². The van der Waals surface area contributed by atoms with E-state index in [1.165, 1.54) is 11.1 Å². The molecule has 0 aliphatic rings. The van der Waals surface area contributed by atoms with Crippen molar-refractivity contribution in [2.45, 2.75) is 25.9 Å². The smallest absolute Gasteiger partial charge is 0.0911 e. The molecule has 152 valence electrons. The molecule has 2 aromatic rings. The van der Waals surface area contributed by atoms with E-state index >= 15 is 0 Å². The molecule has 0 saturated carbocycles. The molecule has 0 aliphatic carbocycles. The SMILES string of the molecule is C=C/C(=C/N(CN)C(NC)C(c1ccccc1)c1ccccc1)C(=C)/C(C)=C/C. The van der Waals surface area contributed by atoms with Gasteiger partial charge in [0.1, 0.15) is 0 Å². The molecule has 2 aromatic carbocycles. The summed E-state index contributed by atoms with van der Waals surface area (Å²) in [6, 6.07) is 21.0. The van der Waals surface area contributed by atoms with Crippen LogP contribution in [0.4, 0.5) is 0 Å². The molecule has 3 heteroatoms. The van der Waals surface area contributed by atoms with Gasteiger partial charge in [-0.2, -0.15) is 0 Å². The number of hydrogen-bond donors (Lipinski definition) is 2. The molecule has 0 aromatic heterocycles. The van der Waals surface area contributed by atoms with Crippen LogP contribution in [-0.2, 0) is 0 Å². The Kier molecular flexibility index (Phi) is 8.66. The number of nitrogens with two attached hydrogens (primary N) is 1. The van der Waals surface area contributed by atoms with E-state index in [9.17, 15) is 0 Å². The minimum Gasteiger partial charge on any atom is -0.348 e. The summed E-state index contributed by atoms with van der Waals surface area (Å²) in [4.78, 5) is 2.12. The van der Waals surface area contributed by atoms with Crippen LogP contribution in [0.5, 0.6) is 0 Å². The molecular weight excluding hydrogens is 354 g/mol. The standard InChI is InChI=1S/C26H33N3/c1-6-20(3)21(4)22(7-2)18-29(19-27)26(28-5)25(23-14-10-8-11-15-23)24-16-12-9-13-17-24/h6-18,25-26,28H,2,4,19,27H2,1,3,5H3/b20-6+,22-18-. The Balaban J connectivity index is 2.53. The number of nitrogens with one attached hydrogen (secondary N) is 1. The highest BCUT2D eigenvalue weighted by Gasteiger charge is 2.27. The Morgan fingerprint density at radius 2 is 1.59 bits per heavy atom. The van der Waals surface area contributed by atoms with Crippen LogP contribution in [0.25, 0.3) is 0 Å². The van der Waals surface area contributed by atoms with Crippen molar-refractivity contribution in [2.75, 3.05) is 13.7 Å². The van der Waals surface area contributed by atoms with Crippen LogP contribution in [0.2, 0.25) is 0 Å². The molecule has 3 N–H and O–H groups in total. The first kappa shape index (κ1) is 22.4. The molecule has 2 rings (SSSR count). The number of hydrogen-bond acceptors (Lipinski definition) is 3. The van der Waals surface area contributed by atoms with Crippen molar-refractivity contribution in [3.63, 3.8) is 0 Å². The molecule has 0 radical (unpaired) electrons. The molecule has 0 bridgehead atoms. The Morgan fingerprint density at radius 3 is 1.97 bits per heavy atom. The summed E-state index contributed by atoms with van der Waals surface area (Å²) in [7, 11) is 1.97. The fraction of sp³-hybridized carbons (Fsp3) is 0.231. The normalized spacial score (nSPS) is 13.3. The molecule has 0 amide bonds. The number of likely N-dealkylation sites (N-methyl/N-ethyl adjacent to an activating group) is 1. The third-order valence-electron chi connectivity index (χ3n) is 5.28. The van der Waals surface area contributed by atoms with Gasteiger partial charge in [0.15, 0.2) is 0 Å². The average molecular weight is 388 g/mol. The number of benzene rings is 2. The molecule has 1 unspecified atom stereocenters. The summed E-state index contributed by atoms with van der Waals surface area (Å²) < 4.78 is 0. The van der Waals surface area contributed by atoms with Gasteiger partial charge in [-0.1, -0.05) is 86.0 Å². The van der Waals surface area contributed by atoms with E-state index in [-0.39, 0.29) is 12.1 Å². The van der Waals surface area contributed by atoms with Crippen molar-refractivity contribution in [3.05, 3.63) is 120 Å². The highest BCUT2D eigenvalue weighted by molar-refractivity contribution is 5.48. The summed E-state index contributed by atoms with van der Waals surface area (Å²) in [6.07, 6.45) is 5.91. The molecule has 3 nitrogen and oxygen atoms in total. The predicted octanol–water partition coefficient (Wildman–Crippen LogP) is 5.17. The molecule has 0 heterocycles. The largest absolute Gasteiger partial charge is 0.348 e. The van der Waals surface area contributed by atoms with Gasteiger partial charge in [0.05, 0.1) is 12.8 Å². The van der Waals surface area contributed by atoms with Crippen LogP contribution in [0.3, 0.4) is 0 Å². The molecule has 0 aliphatic heterocycles. The van der Waals surface area contributed by atoms with Gasteiger partial charge >= 0.3 is 0 Å². The number of allylic oxidation sites excluding steroid dienone is 5. The first-order valence-electron chi connectivity index (χ1n) is 9.97. The Labute approximate surface area is 175 Å². The third kappa shape index (κ3) is 5.57. The summed E-state index contributed by atoms with van der Waals surface area (Å²) in [5, 5.41) is 3.48. The van der Waals surface area contributed by atoms with Crippen molar-refractivity contribution in [2.24, 2.45) is 5.73 Å². The van der Waals surface area contributed by atoms with Gasteiger partial charge in [0, 0.05) is 12.1 Å². The minimum atomic E-state index is -0.0431. The zero-order valence-electron chi connectivity index (χ0n) is 17.8. The second-order valence-electron chi connectivity index (χ2n) is 6.97. The topological polar surface area (TPSA) is 41.3 Å². The fourth-order valence-corrected chi connectivity index (χ4v) is 3.48. The van der Waals surface area contributed by atoms with Crippen molar-refractivity contribution in [3.8, 4) is 0 Å². The second kappa shape index (κ2) is 11.2. The van der Waals surface area contributed by atoms with E-state index in [1.54, 1.807) is 0 Å². The van der Waals surface area contributed by atoms with Crippen molar-refractivity contribution < 1.29 is 0 Å². The van der Waals surface area contributed by atoms with E-state index in [2.05, 4.69) is 91.1 Å². The monoisotopic (exact) mass is 387 g/mol. The second-order valence-corrected chi connectivity index (χ2v) is 6.97. The van der Waals surface area contributed by atoms with Gasteiger partial charge in [-0.15, -0.1) is 0 Å². The van der Waals surface area contributed by atoms with Gasteiger partial charge in [0.2, 0.25) is 0 Å². The van der Waals surface area contributed by atoms with E-state index < -0.39 is 0 Å². The van der Waals surface area contributed by atoms with Crippen LogP contribution < -0.4 is 11.1 Å². The molecule has 0 spiro atoms. The maximum atomic E-state index is 6.22. The first-order chi connectivity index (χ1) is 14.1. The van der Waals surface area contributed by atoms with Crippen LogP contribution in [0.15, 0.2) is 109 Å². The maximum Gasteiger partial charge on any atom is 0.0911 e. The quantitative estimate of drug-likeness (QED) is 0.436. The van der Waals surface area contributed by atoms with Crippen LogP contribution in [-0.4, -0.2) is 24.8 Å². The molecule has 0 saturated heterocycles. The zero-order valence-corrected chi connectivity index (χ0v) is 17.8. The molecular formula is C26H33N3. The molecule has 1 atom stereocenters. The van der Waals surface area contributed by atoms with Gasteiger partial charge in [-0.05, 0) is 48.7 Å². The van der Waals surface area contributed by atoms with Crippen LogP contribution in [0.1, 0.15) is 30.9 Å². The predicted molar refractivity (Wildman–Crippen MR) is 125 cm³/mol. The van der Waals surface area contributed by atoms with E-state index in [4.69, 9.17) is 5.73 Å². The fourth-order valence-electron chi connectivity index (χ4n) is 3.48.